The number of thioether (sulfide) groups is 1. The van der Waals surface area contributed by atoms with Crippen LogP contribution < -0.4 is 10.1 Å². The van der Waals surface area contributed by atoms with Gasteiger partial charge < -0.3 is 14.8 Å². The number of nitrogens with one attached hydrogen (secondary N) is 1. The van der Waals surface area contributed by atoms with Crippen molar-refractivity contribution in [3.05, 3.63) is 29.8 Å². The quantitative estimate of drug-likeness (QED) is 0.662. The first kappa shape index (κ1) is 22.4. The zero-order chi connectivity index (χ0) is 20.0. The zero-order valence-corrected chi connectivity index (χ0v) is 17.7. The highest BCUT2D eigenvalue weighted by atomic mass is 32.2. The van der Waals surface area contributed by atoms with Crippen molar-refractivity contribution in [1.29, 1.82) is 0 Å². The van der Waals surface area contributed by atoms with E-state index in [-0.39, 0.29) is 11.0 Å². The molecular formula is C20H31NO4S. The second-order valence-corrected chi connectivity index (χ2v) is 8.80. The number of hydrogen-bond acceptors (Lipinski definition) is 5. The Hall–Kier alpha value is -1.69. The third-order valence-electron chi connectivity index (χ3n) is 3.96. The molecule has 0 saturated carbocycles. The minimum absolute atomic E-state index is 0.0808. The molecule has 0 aliphatic rings. The Bertz CT molecular complexity index is 605. The number of ketones is 1. The van der Waals surface area contributed by atoms with Crippen molar-refractivity contribution in [1.82, 2.24) is 5.32 Å². The Morgan fingerprint density at radius 1 is 1.12 bits per heavy atom. The van der Waals surface area contributed by atoms with Crippen LogP contribution in [0.2, 0.25) is 0 Å². The number of methoxy groups -OCH3 is 1. The number of benzene rings is 1. The highest BCUT2D eigenvalue weighted by molar-refractivity contribution is 7.99. The van der Waals surface area contributed by atoms with Crippen LogP contribution in [0, 0.1) is 0 Å². The smallest absolute Gasteiger partial charge is 0.408 e. The fourth-order valence-electron chi connectivity index (χ4n) is 2.60. The van der Waals surface area contributed by atoms with Gasteiger partial charge in [-0.05, 0) is 71.6 Å². The summed E-state index contributed by atoms with van der Waals surface area (Å²) >= 11 is 1.64. The number of ether oxygens (including phenoxy) is 2. The van der Waals surface area contributed by atoms with Crippen LogP contribution in [0.15, 0.2) is 24.3 Å². The second kappa shape index (κ2) is 9.31. The molecule has 5 nitrogen and oxygen atoms in total. The fourth-order valence-corrected chi connectivity index (χ4v) is 3.61. The first-order chi connectivity index (χ1) is 12.0. The highest BCUT2D eigenvalue weighted by Gasteiger charge is 2.32. The molecular weight excluding hydrogens is 350 g/mol. The molecule has 6 heteroatoms. The first-order valence-corrected chi connectivity index (χ1v) is 9.98. The zero-order valence-electron chi connectivity index (χ0n) is 16.8. The summed E-state index contributed by atoms with van der Waals surface area (Å²) in [6.45, 7) is 9.41. The summed E-state index contributed by atoms with van der Waals surface area (Å²) in [7, 11) is 1.60. The minimum atomic E-state index is -0.542. The van der Waals surface area contributed by atoms with Crippen LogP contribution in [-0.2, 0) is 4.74 Å². The van der Waals surface area contributed by atoms with Gasteiger partial charge in [0.15, 0.2) is 5.78 Å². The monoisotopic (exact) mass is 381 g/mol. The molecule has 1 aromatic rings. The van der Waals surface area contributed by atoms with Crippen LogP contribution in [0.25, 0.3) is 0 Å². The summed E-state index contributed by atoms with van der Waals surface area (Å²) < 4.78 is 10.5. The Morgan fingerprint density at radius 2 is 1.69 bits per heavy atom. The molecule has 146 valence electrons. The fraction of sp³-hybridized carbons (Fsp3) is 0.600. The normalized spacial score (nSPS) is 13.0. The Kier molecular flexibility index (Phi) is 8.00. The standard InChI is InChI=1S/C20H31NO4S/c1-19(2,3)25-18(23)21-20(4,5)17(26-7)13-12-16(22)14-8-10-15(24-6)11-9-14/h8-11,17H,12-13H2,1-7H3,(H,21,23). The lowest BCUT2D eigenvalue weighted by atomic mass is 9.94. The maximum Gasteiger partial charge on any atom is 0.408 e. The van der Waals surface area contributed by atoms with Crippen molar-refractivity contribution in [2.75, 3.05) is 13.4 Å². The van der Waals surface area contributed by atoms with Gasteiger partial charge in [-0.15, -0.1) is 0 Å². The van der Waals surface area contributed by atoms with E-state index in [1.807, 2.05) is 40.9 Å². The molecule has 0 bridgehead atoms. The number of carbonyl (C=O) groups excluding carboxylic acids is 2. The van der Waals surface area contributed by atoms with Gasteiger partial charge in [0, 0.05) is 22.8 Å². The van der Waals surface area contributed by atoms with E-state index in [0.717, 1.165) is 5.75 Å². The van der Waals surface area contributed by atoms with Crippen LogP contribution in [0.4, 0.5) is 4.79 Å². The molecule has 0 radical (unpaired) electrons. The molecule has 1 unspecified atom stereocenters. The van der Waals surface area contributed by atoms with E-state index >= 15 is 0 Å². The van der Waals surface area contributed by atoms with Crippen molar-refractivity contribution < 1.29 is 19.1 Å². The summed E-state index contributed by atoms with van der Waals surface area (Å²) in [5.74, 6) is 0.811. The van der Waals surface area contributed by atoms with E-state index in [1.54, 1.807) is 43.1 Å². The van der Waals surface area contributed by atoms with Crippen molar-refractivity contribution in [3.63, 3.8) is 0 Å². The second-order valence-electron chi connectivity index (χ2n) is 7.76. The lowest BCUT2D eigenvalue weighted by molar-refractivity contribution is 0.0470. The number of alkyl carbamates (subject to hydrolysis) is 1. The van der Waals surface area contributed by atoms with E-state index in [2.05, 4.69) is 5.32 Å². The van der Waals surface area contributed by atoms with E-state index in [1.165, 1.54) is 0 Å². The maximum absolute atomic E-state index is 12.4. The number of Topliss-reactive ketones (excluding diaryl/α,β-unsaturated/α-hetero) is 1. The van der Waals surface area contributed by atoms with E-state index < -0.39 is 17.2 Å². The predicted octanol–water partition coefficient (Wildman–Crippen LogP) is 4.69. The average Bonchev–Trinajstić information content (AvgIpc) is 2.52. The molecule has 26 heavy (non-hydrogen) atoms. The summed E-state index contributed by atoms with van der Waals surface area (Å²) in [4.78, 5) is 24.5. The van der Waals surface area contributed by atoms with Crippen molar-refractivity contribution in [3.8, 4) is 5.75 Å². The highest BCUT2D eigenvalue weighted by Crippen LogP contribution is 2.27. The first-order valence-electron chi connectivity index (χ1n) is 8.69. The summed E-state index contributed by atoms with van der Waals surface area (Å²) in [6, 6.07) is 7.12. The van der Waals surface area contributed by atoms with Crippen molar-refractivity contribution >= 4 is 23.6 Å². The van der Waals surface area contributed by atoms with Crippen LogP contribution in [0.1, 0.15) is 57.8 Å². The molecule has 0 fully saturated rings. The summed E-state index contributed by atoms with van der Waals surface area (Å²) in [5, 5.41) is 3.01. The Labute approximate surface area is 161 Å². The molecule has 1 amide bonds. The molecule has 1 rings (SSSR count). The van der Waals surface area contributed by atoms with Gasteiger partial charge in [-0.2, -0.15) is 11.8 Å². The molecule has 1 N–H and O–H groups in total. The molecule has 0 aliphatic heterocycles. The largest absolute Gasteiger partial charge is 0.497 e. The molecule has 1 atom stereocenters. The maximum atomic E-state index is 12.4. The molecule has 0 heterocycles. The molecule has 0 spiro atoms. The van der Waals surface area contributed by atoms with Crippen LogP contribution in [0.3, 0.4) is 0 Å². The van der Waals surface area contributed by atoms with Gasteiger partial charge in [-0.1, -0.05) is 0 Å². The van der Waals surface area contributed by atoms with Gasteiger partial charge in [-0.25, -0.2) is 4.79 Å². The van der Waals surface area contributed by atoms with Gasteiger partial charge in [0.25, 0.3) is 0 Å². The number of carbonyl (C=O) groups is 2. The Balaban J connectivity index is 2.66. The predicted molar refractivity (Wildman–Crippen MR) is 107 cm³/mol. The lowest BCUT2D eigenvalue weighted by Gasteiger charge is -2.35. The van der Waals surface area contributed by atoms with Crippen LogP contribution in [-0.4, -0.2) is 41.6 Å². The van der Waals surface area contributed by atoms with Gasteiger partial charge in [0.1, 0.15) is 11.4 Å². The molecule has 0 aromatic heterocycles. The van der Waals surface area contributed by atoms with Crippen LogP contribution in [0.5, 0.6) is 5.75 Å². The van der Waals surface area contributed by atoms with E-state index in [0.29, 0.717) is 18.4 Å². The SMILES string of the molecule is COc1ccc(C(=O)CCC(SC)C(C)(C)NC(=O)OC(C)(C)C)cc1. The topological polar surface area (TPSA) is 64.6 Å². The third-order valence-corrected chi connectivity index (χ3v) is 5.35. The van der Waals surface area contributed by atoms with Crippen molar-refractivity contribution in [2.24, 2.45) is 0 Å². The van der Waals surface area contributed by atoms with Gasteiger partial charge in [0.2, 0.25) is 0 Å². The van der Waals surface area contributed by atoms with E-state index in [9.17, 15) is 9.59 Å². The van der Waals surface area contributed by atoms with Gasteiger partial charge in [-0.3, -0.25) is 4.79 Å². The van der Waals surface area contributed by atoms with Gasteiger partial charge in [0.05, 0.1) is 7.11 Å². The number of rotatable bonds is 8. The summed E-state index contributed by atoms with van der Waals surface area (Å²) in [6.07, 6.45) is 2.62. The third kappa shape index (κ3) is 7.28. The van der Waals surface area contributed by atoms with Crippen molar-refractivity contribution in [2.45, 2.75) is 63.9 Å². The lowest BCUT2D eigenvalue weighted by Crippen LogP contribution is -2.52. The molecule has 0 saturated heterocycles. The summed E-state index contributed by atoms with van der Waals surface area (Å²) in [5.41, 5.74) is -0.370. The Morgan fingerprint density at radius 3 is 2.15 bits per heavy atom. The number of hydrogen-bond donors (Lipinski definition) is 1. The van der Waals surface area contributed by atoms with E-state index in [4.69, 9.17) is 9.47 Å². The van der Waals surface area contributed by atoms with Gasteiger partial charge >= 0.3 is 6.09 Å². The number of amides is 1. The molecule has 1 aromatic carbocycles. The average molecular weight is 382 g/mol. The molecule has 0 aliphatic carbocycles. The minimum Gasteiger partial charge on any atom is -0.497 e. The van der Waals surface area contributed by atoms with Crippen LogP contribution >= 0.6 is 11.8 Å².